The molecule has 2 heterocycles. The Labute approximate surface area is 161 Å². The molecular weight excluding hydrogens is 338 g/mol. The number of aryl methyl sites for hydroxylation is 1. The highest BCUT2D eigenvalue weighted by molar-refractivity contribution is 5.90. The normalized spacial score (nSPS) is 19.4. The van der Waals surface area contributed by atoms with E-state index in [2.05, 4.69) is 4.98 Å². The van der Waals surface area contributed by atoms with Gasteiger partial charge in [-0.3, -0.25) is 14.6 Å². The Bertz CT molecular complexity index is 806. The van der Waals surface area contributed by atoms with E-state index in [0.29, 0.717) is 19.5 Å². The average Bonchev–Trinajstić information content (AvgIpc) is 3.02. The second kappa shape index (κ2) is 8.33. The summed E-state index contributed by atoms with van der Waals surface area (Å²) in [6, 6.07) is 13.7. The molecule has 0 unspecified atom stereocenters. The first-order valence-electron chi connectivity index (χ1n) is 9.52. The summed E-state index contributed by atoms with van der Waals surface area (Å²) in [5.74, 6) is -0.252. The minimum Gasteiger partial charge on any atom is -0.345 e. The molecule has 1 aliphatic heterocycles. The van der Waals surface area contributed by atoms with Crippen LogP contribution in [-0.2, 0) is 16.0 Å². The number of aromatic nitrogens is 1. The smallest absolute Gasteiger partial charge is 0.228 e. The Morgan fingerprint density at radius 1 is 1.22 bits per heavy atom. The van der Waals surface area contributed by atoms with Crippen LogP contribution in [0.25, 0.3) is 0 Å². The van der Waals surface area contributed by atoms with Gasteiger partial charge in [0.05, 0.1) is 12.0 Å². The molecule has 0 radical (unpaired) electrons. The minimum absolute atomic E-state index is 0.0310. The Kier molecular flexibility index (Phi) is 5.89. The molecule has 5 nitrogen and oxygen atoms in total. The zero-order valence-corrected chi connectivity index (χ0v) is 16.3. The molecule has 0 spiro atoms. The van der Waals surface area contributed by atoms with Crippen molar-refractivity contribution in [2.75, 3.05) is 20.1 Å². The molecule has 2 aromatic rings. The van der Waals surface area contributed by atoms with E-state index < -0.39 is 0 Å². The van der Waals surface area contributed by atoms with Gasteiger partial charge in [-0.1, -0.05) is 30.3 Å². The van der Waals surface area contributed by atoms with Crippen LogP contribution >= 0.6 is 0 Å². The quantitative estimate of drug-likeness (QED) is 0.791. The number of likely N-dealkylation sites (tertiary alicyclic amines) is 1. The van der Waals surface area contributed by atoms with Crippen LogP contribution in [0.1, 0.15) is 36.2 Å². The van der Waals surface area contributed by atoms with Crippen LogP contribution in [0.3, 0.4) is 0 Å². The summed E-state index contributed by atoms with van der Waals surface area (Å²) < 4.78 is 0. The SMILES string of the molecule is CCN1C(=O)C[C@@H](C(=O)N(C)CCc2ccccn2)[C@@H]1c1ccccc1C. The summed E-state index contributed by atoms with van der Waals surface area (Å²) >= 11 is 0. The maximum Gasteiger partial charge on any atom is 0.228 e. The van der Waals surface area contributed by atoms with Gasteiger partial charge in [-0.05, 0) is 37.1 Å². The fraction of sp³-hybridized carbons (Fsp3) is 0.409. The predicted octanol–water partition coefficient (Wildman–Crippen LogP) is 3.00. The van der Waals surface area contributed by atoms with Crippen molar-refractivity contribution in [3.05, 3.63) is 65.5 Å². The number of hydrogen-bond acceptors (Lipinski definition) is 3. The summed E-state index contributed by atoms with van der Waals surface area (Å²) in [5, 5.41) is 0. The van der Waals surface area contributed by atoms with Gasteiger partial charge in [-0.25, -0.2) is 0 Å². The largest absolute Gasteiger partial charge is 0.345 e. The monoisotopic (exact) mass is 365 g/mol. The Balaban J connectivity index is 1.79. The third-order valence-electron chi connectivity index (χ3n) is 5.40. The number of carbonyl (C=O) groups is 2. The zero-order chi connectivity index (χ0) is 19.4. The first-order valence-corrected chi connectivity index (χ1v) is 9.52. The molecule has 0 saturated carbocycles. The predicted molar refractivity (Wildman–Crippen MR) is 105 cm³/mol. The number of rotatable bonds is 6. The molecule has 0 aliphatic carbocycles. The van der Waals surface area contributed by atoms with Crippen LogP contribution in [0.5, 0.6) is 0 Å². The van der Waals surface area contributed by atoms with E-state index in [1.807, 2.05) is 68.3 Å². The molecule has 1 aromatic heterocycles. The van der Waals surface area contributed by atoms with Crippen LogP contribution in [0.4, 0.5) is 0 Å². The van der Waals surface area contributed by atoms with E-state index in [0.717, 1.165) is 16.8 Å². The van der Waals surface area contributed by atoms with E-state index in [1.54, 1.807) is 11.1 Å². The van der Waals surface area contributed by atoms with E-state index in [9.17, 15) is 9.59 Å². The van der Waals surface area contributed by atoms with E-state index >= 15 is 0 Å². The van der Waals surface area contributed by atoms with Crippen molar-refractivity contribution in [3.63, 3.8) is 0 Å². The molecule has 5 heteroatoms. The lowest BCUT2D eigenvalue weighted by Crippen LogP contribution is -2.38. The molecule has 0 N–H and O–H groups in total. The molecule has 0 bridgehead atoms. The van der Waals surface area contributed by atoms with Crippen LogP contribution < -0.4 is 0 Å². The maximum absolute atomic E-state index is 13.2. The summed E-state index contributed by atoms with van der Waals surface area (Å²) in [5.41, 5.74) is 3.15. The van der Waals surface area contributed by atoms with Gasteiger partial charge in [0.15, 0.2) is 0 Å². The van der Waals surface area contributed by atoms with Crippen LogP contribution in [0.2, 0.25) is 0 Å². The molecule has 27 heavy (non-hydrogen) atoms. The van der Waals surface area contributed by atoms with Gasteiger partial charge in [-0.2, -0.15) is 0 Å². The molecule has 2 amide bonds. The zero-order valence-electron chi connectivity index (χ0n) is 16.3. The van der Waals surface area contributed by atoms with Crippen LogP contribution in [-0.4, -0.2) is 46.7 Å². The number of carbonyl (C=O) groups excluding carboxylic acids is 2. The number of amides is 2. The van der Waals surface area contributed by atoms with Crippen molar-refractivity contribution in [2.24, 2.45) is 5.92 Å². The molecular formula is C22H27N3O2. The third kappa shape index (κ3) is 4.02. The number of nitrogens with zero attached hydrogens (tertiary/aromatic N) is 3. The highest BCUT2D eigenvalue weighted by atomic mass is 16.2. The summed E-state index contributed by atoms with van der Waals surface area (Å²) in [7, 11) is 1.82. The third-order valence-corrected chi connectivity index (χ3v) is 5.40. The second-order valence-electron chi connectivity index (χ2n) is 7.12. The Hall–Kier alpha value is -2.69. The van der Waals surface area contributed by atoms with E-state index in [4.69, 9.17) is 0 Å². The van der Waals surface area contributed by atoms with Gasteiger partial charge in [0.1, 0.15) is 0 Å². The van der Waals surface area contributed by atoms with Crippen molar-refractivity contribution >= 4 is 11.8 Å². The first-order chi connectivity index (χ1) is 13.0. The van der Waals surface area contributed by atoms with Crippen molar-refractivity contribution in [3.8, 4) is 0 Å². The van der Waals surface area contributed by atoms with Gasteiger partial charge < -0.3 is 9.80 Å². The molecule has 2 atom stereocenters. The fourth-order valence-electron chi connectivity index (χ4n) is 3.91. The standard InChI is InChI=1S/C22H27N3O2/c1-4-25-20(26)15-19(21(25)18-11-6-5-9-16(18)2)22(27)24(3)14-12-17-10-7-8-13-23-17/h5-11,13,19,21H,4,12,14-15H2,1-3H3/t19-,21+/m1/s1. The number of likely N-dealkylation sites (N-methyl/N-ethyl adjacent to an activating group) is 1. The lowest BCUT2D eigenvalue weighted by atomic mass is 9.89. The van der Waals surface area contributed by atoms with Crippen molar-refractivity contribution in [2.45, 2.75) is 32.7 Å². The number of hydrogen-bond donors (Lipinski definition) is 0. The van der Waals surface area contributed by atoms with Gasteiger partial charge in [0.25, 0.3) is 0 Å². The number of pyridine rings is 1. The van der Waals surface area contributed by atoms with Gasteiger partial charge in [-0.15, -0.1) is 0 Å². The molecule has 142 valence electrons. The minimum atomic E-state index is -0.340. The van der Waals surface area contributed by atoms with Crippen LogP contribution in [0, 0.1) is 12.8 Å². The first kappa shape index (κ1) is 19.1. The Morgan fingerprint density at radius 2 is 1.96 bits per heavy atom. The van der Waals surface area contributed by atoms with Gasteiger partial charge in [0, 0.05) is 44.9 Å². The summed E-state index contributed by atoms with van der Waals surface area (Å²) in [4.78, 5) is 33.7. The van der Waals surface area contributed by atoms with Crippen LogP contribution in [0.15, 0.2) is 48.7 Å². The lowest BCUT2D eigenvalue weighted by Gasteiger charge is -2.30. The highest BCUT2D eigenvalue weighted by Crippen LogP contribution is 2.40. The molecule has 1 fully saturated rings. The average molecular weight is 365 g/mol. The van der Waals surface area contributed by atoms with Gasteiger partial charge >= 0.3 is 0 Å². The fourth-order valence-corrected chi connectivity index (χ4v) is 3.91. The van der Waals surface area contributed by atoms with E-state index in [1.165, 1.54) is 0 Å². The summed E-state index contributed by atoms with van der Waals surface area (Å²) in [6.07, 6.45) is 2.75. The van der Waals surface area contributed by atoms with E-state index in [-0.39, 0.29) is 30.2 Å². The molecule has 1 aliphatic rings. The molecule has 1 aromatic carbocycles. The number of benzene rings is 1. The maximum atomic E-state index is 13.2. The molecule has 3 rings (SSSR count). The van der Waals surface area contributed by atoms with Gasteiger partial charge in [0.2, 0.25) is 11.8 Å². The van der Waals surface area contributed by atoms with Crippen molar-refractivity contribution in [1.29, 1.82) is 0 Å². The topological polar surface area (TPSA) is 53.5 Å². The summed E-state index contributed by atoms with van der Waals surface area (Å²) in [6.45, 7) is 5.21. The van der Waals surface area contributed by atoms with Crippen molar-refractivity contribution < 1.29 is 9.59 Å². The Morgan fingerprint density at radius 3 is 2.63 bits per heavy atom. The van der Waals surface area contributed by atoms with Crippen molar-refractivity contribution in [1.82, 2.24) is 14.8 Å². The highest BCUT2D eigenvalue weighted by Gasteiger charge is 2.45. The second-order valence-corrected chi connectivity index (χ2v) is 7.12. The lowest BCUT2D eigenvalue weighted by molar-refractivity contribution is -0.135. The molecule has 1 saturated heterocycles.